The van der Waals surface area contributed by atoms with E-state index in [1.54, 1.807) is 13.1 Å². The third-order valence-electron chi connectivity index (χ3n) is 3.15. The zero-order valence-electron chi connectivity index (χ0n) is 10.6. The number of rotatable bonds is 3. The molecule has 0 N–H and O–H groups in total. The number of halogens is 1. The van der Waals surface area contributed by atoms with E-state index in [0.29, 0.717) is 0 Å². The molecule has 2 rings (SSSR count). The first-order valence-corrected chi connectivity index (χ1v) is 6.64. The largest absolute Gasteiger partial charge is 0.339 e. The lowest BCUT2D eigenvalue weighted by Gasteiger charge is -2.35. The van der Waals surface area contributed by atoms with Crippen LogP contribution in [0.2, 0.25) is 0 Å². The lowest BCUT2D eigenvalue weighted by molar-refractivity contribution is -0.132. The van der Waals surface area contributed by atoms with Crippen LogP contribution >= 0.6 is 11.6 Å². The number of amides is 1. The van der Waals surface area contributed by atoms with Gasteiger partial charge in [-0.1, -0.05) is 6.07 Å². The number of carbonyl (C=O) groups is 1. The molecule has 1 saturated heterocycles. The molecule has 1 aliphatic heterocycles. The van der Waals surface area contributed by atoms with Crippen LogP contribution in [0.15, 0.2) is 24.5 Å². The van der Waals surface area contributed by atoms with E-state index in [2.05, 4.69) is 16.0 Å². The summed E-state index contributed by atoms with van der Waals surface area (Å²) in [6, 6.07) is 4.02. The highest BCUT2D eigenvalue weighted by atomic mass is 35.5. The zero-order chi connectivity index (χ0) is 13.0. The van der Waals surface area contributed by atoms with Crippen molar-refractivity contribution in [1.82, 2.24) is 14.8 Å². The molecule has 0 radical (unpaired) electrons. The number of hydrogen-bond donors (Lipinski definition) is 0. The van der Waals surface area contributed by atoms with Gasteiger partial charge in [0.2, 0.25) is 5.91 Å². The molecule has 0 bridgehead atoms. The van der Waals surface area contributed by atoms with Crippen molar-refractivity contribution in [2.45, 2.75) is 18.8 Å². The minimum absolute atomic E-state index is 0.0395. The van der Waals surface area contributed by atoms with Crippen molar-refractivity contribution in [2.24, 2.45) is 0 Å². The van der Waals surface area contributed by atoms with Gasteiger partial charge in [0.25, 0.3) is 0 Å². The van der Waals surface area contributed by atoms with Crippen LogP contribution in [0.25, 0.3) is 0 Å². The highest BCUT2D eigenvalue weighted by Crippen LogP contribution is 2.10. The van der Waals surface area contributed by atoms with Gasteiger partial charge in [-0.05, 0) is 18.6 Å². The molecule has 98 valence electrons. The third-order valence-corrected chi connectivity index (χ3v) is 3.34. The second-order valence-electron chi connectivity index (χ2n) is 4.58. The summed E-state index contributed by atoms with van der Waals surface area (Å²) in [5.74, 6) is 0.0395. The minimum atomic E-state index is -0.421. The van der Waals surface area contributed by atoms with Crippen LogP contribution in [0, 0.1) is 0 Å². The van der Waals surface area contributed by atoms with Gasteiger partial charge in [-0.3, -0.25) is 14.7 Å². The number of piperazine rings is 1. The normalized spacial score (nSPS) is 18.7. The molecule has 1 aromatic heterocycles. The molecule has 1 aliphatic rings. The lowest BCUT2D eigenvalue weighted by Crippen LogP contribution is -2.49. The van der Waals surface area contributed by atoms with Crippen LogP contribution in [-0.2, 0) is 11.3 Å². The molecular formula is C13H18ClN3O. The average molecular weight is 268 g/mol. The fraction of sp³-hybridized carbons (Fsp3) is 0.538. The molecule has 4 nitrogen and oxygen atoms in total. The molecule has 18 heavy (non-hydrogen) atoms. The van der Waals surface area contributed by atoms with Gasteiger partial charge in [0.15, 0.2) is 0 Å². The fourth-order valence-corrected chi connectivity index (χ4v) is 2.27. The van der Waals surface area contributed by atoms with Crippen molar-refractivity contribution >= 4 is 17.5 Å². The molecule has 1 aromatic rings. The van der Waals surface area contributed by atoms with E-state index in [4.69, 9.17) is 11.6 Å². The highest BCUT2D eigenvalue weighted by molar-refractivity contribution is 6.30. The number of carbonyl (C=O) groups excluding carboxylic acids is 1. The van der Waals surface area contributed by atoms with E-state index < -0.39 is 5.38 Å². The summed E-state index contributed by atoms with van der Waals surface area (Å²) in [5, 5.41) is -0.421. The summed E-state index contributed by atoms with van der Waals surface area (Å²) >= 11 is 5.81. The predicted octanol–water partition coefficient (Wildman–Crippen LogP) is 1.35. The number of nitrogens with zero attached hydrogens (tertiary/aromatic N) is 3. The Labute approximate surface area is 113 Å². The van der Waals surface area contributed by atoms with Crippen molar-refractivity contribution in [1.29, 1.82) is 0 Å². The summed E-state index contributed by atoms with van der Waals surface area (Å²) in [6.45, 7) is 5.93. The van der Waals surface area contributed by atoms with Gasteiger partial charge in [0.05, 0.1) is 0 Å². The summed E-state index contributed by atoms with van der Waals surface area (Å²) < 4.78 is 0. The minimum Gasteiger partial charge on any atom is -0.339 e. The average Bonchev–Trinajstić information content (AvgIpc) is 2.40. The first-order valence-electron chi connectivity index (χ1n) is 6.21. The number of alkyl halides is 1. The quantitative estimate of drug-likeness (QED) is 0.776. The van der Waals surface area contributed by atoms with Gasteiger partial charge in [-0.15, -0.1) is 11.6 Å². The number of aromatic nitrogens is 1. The van der Waals surface area contributed by atoms with Crippen LogP contribution in [0.4, 0.5) is 0 Å². The predicted molar refractivity (Wildman–Crippen MR) is 71.4 cm³/mol. The topological polar surface area (TPSA) is 36.4 Å². The van der Waals surface area contributed by atoms with Crippen molar-refractivity contribution in [2.75, 3.05) is 26.2 Å². The van der Waals surface area contributed by atoms with E-state index in [1.165, 1.54) is 5.56 Å². The maximum atomic E-state index is 11.7. The molecular weight excluding hydrogens is 250 g/mol. The van der Waals surface area contributed by atoms with Crippen LogP contribution in [0.1, 0.15) is 12.5 Å². The molecule has 0 aromatic carbocycles. The third kappa shape index (κ3) is 3.43. The van der Waals surface area contributed by atoms with Crippen LogP contribution in [0.3, 0.4) is 0 Å². The van der Waals surface area contributed by atoms with Gasteiger partial charge in [0.1, 0.15) is 5.38 Å². The Morgan fingerprint density at radius 2 is 2.17 bits per heavy atom. The molecule has 0 saturated carbocycles. The lowest BCUT2D eigenvalue weighted by atomic mass is 10.2. The van der Waals surface area contributed by atoms with E-state index >= 15 is 0 Å². The van der Waals surface area contributed by atoms with E-state index in [0.717, 1.165) is 32.7 Å². The number of pyridine rings is 1. The number of hydrogen-bond acceptors (Lipinski definition) is 3. The molecule has 2 heterocycles. The molecule has 1 fully saturated rings. The van der Waals surface area contributed by atoms with Gasteiger partial charge in [0, 0.05) is 45.1 Å². The zero-order valence-corrected chi connectivity index (χ0v) is 11.3. The molecule has 1 atom stereocenters. The smallest absolute Gasteiger partial charge is 0.240 e. The van der Waals surface area contributed by atoms with E-state index in [-0.39, 0.29) is 5.91 Å². The second kappa shape index (κ2) is 6.16. The Bertz CT molecular complexity index is 388. The summed E-state index contributed by atoms with van der Waals surface area (Å²) in [5.41, 5.74) is 1.21. The SMILES string of the molecule is CC(Cl)C(=O)N1CCN(Cc2cccnc2)CC1. The van der Waals surface area contributed by atoms with Gasteiger partial charge >= 0.3 is 0 Å². The summed E-state index contributed by atoms with van der Waals surface area (Å²) in [6.07, 6.45) is 3.67. The Morgan fingerprint density at radius 3 is 2.72 bits per heavy atom. The Kier molecular flexibility index (Phi) is 4.55. The molecule has 5 heteroatoms. The van der Waals surface area contributed by atoms with E-state index in [1.807, 2.05) is 17.2 Å². The molecule has 0 aliphatic carbocycles. The van der Waals surface area contributed by atoms with Gasteiger partial charge < -0.3 is 4.90 Å². The van der Waals surface area contributed by atoms with Gasteiger partial charge in [-0.2, -0.15) is 0 Å². The maximum Gasteiger partial charge on any atom is 0.240 e. The summed E-state index contributed by atoms with van der Waals surface area (Å²) in [7, 11) is 0. The van der Waals surface area contributed by atoms with Crippen LogP contribution in [0.5, 0.6) is 0 Å². The highest BCUT2D eigenvalue weighted by Gasteiger charge is 2.23. The maximum absolute atomic E-state index is 11.7. The Balaban J connectivity index is 1.82. The molecule has 0 spiro atoms. The standard InChI is InChI=1S/C13H18ClN3O/c1-11(14)13(18)17-7-5-16(6-8-17)10-12-3-2-4-15-9-12/h2-4,9,11H,5-8,10H2,1H3. The van der Waals surface area contributed by atoms with Crippen LogP contribution < -0.4 is 0 Å². The summed E-state index contributed by atoms with van der Waals surface area (Å²) in [4.78, 5) is 20.0. The molecule has 1 amide bonds. The van der Waals surface area contributed by atoms with Crippen molar-refractivity contribution in [3.8, 4) is 0 Å². The van der Waals surface area contributed by atoms with Crippen molar-refractivity contribution < 1.29 is 4.79 Å². The van der Waals surface area contributed by atoms with E-state index in [9.17, 15) is 4.79 Å². The second-order valence-corrected chi connectivity index (χ2v) is 5.23. The Morgan fingerprint density at radius 1 is 1.44 bits per heavy atom. The fourth-order valence-electron chi connectivity index (χ4n) is 2.13. The first kappa shape index (κ1) is 13.3. The Hall–Kier alpha value is -1.13. The van der Waals surface area contributed by atoms with Crippen molar-refractivity contribution in [3.63, 3.8) is 0 Å². The van der Waals surface area contributed by atoms with Gasteiger partial charge in [-0.25, -0.2) is 0 Å². The first-order chi connectivity index (χ1) is 8.66. The van der Waals surface area contributed by atoms with Crippen molar-refractivity contribution in [3.05, 3.63) is 30.1 Å². The molecule has 1 unspecified atom stereocenters. The van der Waals surface area contributed by atoms with Crippen LogP contribution in [-0.4, -0.2) is 52.2 Å². The monoisotopic (exact) mass is 267 g/mol.